The molecule has 0 spiro atoms. The maximum atomic E-state index is 14.0. The second-order valence-corrected chi connectivity index (χ2v) is 4.17. The number of anilines is 2. The molecular formula is C12H10FN7O. The number of nitrogens with zero attached hydrogens (tertiary/aromatic N) is 4. The third kappa shape index (κ3) is 2.56. The van der Waals surface area contributed by atoms with Gasteiger partial charge in [0.15, 0.2) is 5.82 Å². The van der Waals surface area contributed by atoms with Gasteiger partial charge in [0.1, 0.15) is 29.9 Å². The molecule has 0 unspecified atom stereocenters. The van der Waals surface area contributed by atoms with Crippen molar-refractivity contribution < 1.29 is 9.18 Å². The minimum atomic E-state index is -0.539. The zero-order valence-corrected chi connectivity index (χ0v) is 10.6. The number of hydrogen-bond acceptors (Lipinski definition) is 5. The summed E-state index contributed by atoms with van der Waals surface area (Å²) in [6, 6.07) is 5.61. The molecule has 9 heteroatoms. The molecule has 2 aromatic heterocycles. The summed E-state index contributed by atoms with van der Waals surface area (Å²) in [7, 11) is 0. The smallest absolute Gasteiger partial charge is 0.273 e. The van der Waals surface area contributed by atoms with Gasteiger partial charge in [-0.25, -0.2) is 14.1 Å². The third-order valence-electron chi connectivity index (χ3n) is 2.71. The van der Waals surface area contributed by atoms with E-state index in [0.717, 1.165) is 0 Å². The van der Waals surface area contributed by atoms with Crippen molar-refractivity contribution in [1.82, 2.24) is 25.0 Å². The van der Waals surface area contributed by atoms with Crippen LogP contribution in [0, 0.1) is 5.82 Å². The first-order valence-electron chi connectivity index (χ1n) is 5.90. The Balaban J connectivity index is 1.81. The number of H-pyrrole nitrogens is 1. The predicted molar refractivity (Wildman–Crippen MR) is 72.3 cm³/mol. The summed E-state index contributed by atoms with van der Waals surface area (Å²) < 4.78 is 15.3. The molecule has 0 saturated carbocycles. The molecule has 0 saturated heterocycles. The van der Waals surface area contributed by atoms with Crippen LogP contribution in [-0.4, -0.2) is 30.9 Å². The Morgan fingerprint density at radius 3 is 2.86 bits per heavy atom. The average Bonchev–Trinajstić information content (AvgIpc) is 3.10. The molecule has 2 heterocycles. The molecule has 21 heavy (non-hydrogen) atoms. The highest BCUT2D eigenvalue weighted by Gasteiger charge is 2.11. The maximum absolute atomic E-state index is 14.0. The fourth-order valence-corrected chi connectivity index (χ4v) is 1.76. The van der Waals surface area contributed by atoms with Gasteiger partial charge in [-0.3, -0.25) is 9.89 Å². The fourth-order valence-electron chi connectivity index (χ4n) is 1.76. The van der Waals surface area contributed by atoms with Crippen LogP contribution in [0.5, 0.6) is 0 Å². The Kier molecular flexibility index (Phi) is 3.07. The van der Waals surface area contributed by atoms with E-state index in [0.29, 0.717) is 5.69 Å². The van der Waals surface area contributed by atoms with Crippen molar-refractivity contribution >= 4 is 17.4 Å². The van der Waals surface area contributed by atoms with Crippen molar-refractivity contribution in [3.05, 3.63) is 48.4 Å². The van der Waals surface area contributed by atoms with Crippen molar-refractivity contribution in [1.29, 1.82) is 0 Å². The van der Waals surface area contributed by atoms with Crippen LogP contribution in [0.25, 0.3) is 5.69 Å². The van der Waals surface area contributed by atoms with Gasteiger partial charge in [-0.2, -0.15) is 10.2 Å². The summed E-state index contributed by atoms with van der Waals surface area (Å²) in [4.78, 5) is 15.6. The summed E-state index contributed by atoms with van der Waals surface area (Å²) in [5.74, 6) is -0.803. The van der Waals surface area contributed by atoms with E-state index in [-0.39, 0.29) is 17.2 Å². The first kappa shape index (κ1) is 12.8. The number of carbonyl (C=O) groups excluding carboxylic acids is 1. The number of benzene rings is 1. The van der Waals surface area contributed by atoms with Crippen LogP contribution in [0.4, 0.5) is 15.9 Å². The van der Waals surface area contributed by atoms with E-state index in [1.165, 1.54) is 35.5 Å². The highest BCUT2D eigenvalue weighted by atomic mass is 19.1. The highest BCUT2D eigenvalue weighted by molar-refractivity contribution is 6.03. The molecule has 0 atom stereocenters. The zero-order valence-electron chi connectivity index (χ0n) is 10.6. The quantitative estimate of drug-likeness (QED) is 0.664. The van der Waals surface area contributed by atoms with Crippen molar-refractivity contribution in [2.75, 3.05) is 11.1 Å². The summed E-state index contributed by atoms with van der Waals surface area (Å²) in [6.45, 7) is 0. The van der Waals surface area contributed by atoms with E-state index in [2.05, 4.69) is 25.6 Å². The Hall–Kier alpha value is -3.23. The molecule has 1 aromatic carbocycles. The summed E-state index contributed by atoms with van der Waals surface area (Å²) in [6.07, 6.45) is 2.68. The molecule has 0 fully saturated rings. The van der Waals surface area contributed by atoms with Gasteiger partial charge >= 0.3 is 0 Å². The van der Waals surface area contributed by atoms with Gasteiger partial charge in [0.05, 0.1) is 0 Å². The van der Waals surface area contributed by atoms with E-state index in [4.69, 9.17) is 5.73 Å². The second kappa shape index (κ2) is 5.04. The largest absolute Gasteiger partial charge is 0.382 e. The summed E-state index contributed by atoms with van der Waals surface area (Å²) in [5, 5.41) is 12.5. The van der Waals surface area contributed by atoms with Crippen molar-refractivity contribution in [2.24, 2.45) is 0 Å². The number of nitrogen functional groups attached to an aromatic ring is 1. The molecule has 1 amide bonds. The lowest BCUT2D eigenvalue weighted by Crippen LogP contribution is -2.13. The minimum absolute atomic E-state index is 0.188. The predicted octanol–water partition coefficient (Wildman–Crippen LogP) is 0.964. The van der Waals surface area contributed by atoms with E-state index in [1.807, 2.05) is 0 Å². The number of aromatic amines is 1. The van der Waals surface area contributed by atoms with Crippen molar-refractivity contribution in [2.45, 2.75) is 0 Å². The number of nitrogens with one attached hydrogen (secondary N) is 2. The number of carbonyl (C=O) groups is 1. The van der Waals surface area contributed by atoms with Gasteiger partial charge in [-0.1, -0.05) is 0 Å². The van der Waals surface area contributed by atoms with Crippen LogP contribution in [-0.2, 0) is 0 Å². The molecule has 3 rings (SSSR count). The number of hydrogen-bond donors (Lipinski definition) is 3. The van der Waals surface area contributed by atoms with Gasteiger partial charge in [0.2, 0.25) is 0 Å². The number of nitrogens with two attached hydrogens (primary N) is 1. The molecule has 4 N–H and O–H groups in total. The molecule has 0 aliphatic heterocycles. The van der Waals surface area contributed by atoms with Crippen LogP contribution in [0.1, 0.15) is 10.5 Å². The third-order valence-corrected chi connectivity index (χ3v) is 2.71. The van der Waals surface area contributed by atoms with E-state index >= 15 is 0 Å². The molecule has 8 nitrogen and oxygen atoms in total. The molecule has 0 aliphatic rings. The van der Waals surface area contributed by atoms with Crippen molar-refractivity contribution in [3.63, 3.8) is 0 Å². The first-order valence-corrected chi connectivity index (χ1v) is 5.90. The van der Waals surface area contributed by atoms with E-state index in [1.54, 1.807) is 6.07 Å². The molecule has 0 radical (unpaired) electrons. The highest BCUT2D eigenvalue weighted by Crippen LogP contribution is 2.18. The van der Waals surface area contributed by atoms with Crippen LogP contribution in [0.3, 0.4) is 0 Å². The van der Waals surface area contributed by atoms with Gasteiger partial charge in [-0.15, -0.1) is 0 Å². The van der Waals surface area contributed by atoms with Gasteiger partial charge in [0.25, 0.3) is 5.91 Å². The lowest BCUT2D eigenvalue weighted by atomic mass is 10.2. The number of amides is 1. The van der Waals surface area contributed by atoms with E-state index < -0.39 is 11.7 Å². The van der Waals surface area contributed by atoms with Crippen LogP contribution < -0.4 is 11.1 Å². The summed E-state index contributed by atoms with van der Waals surface area (Å²) in [5.41, 5.74) is 6.13. The SMILES string of the molecule is Nc1cc(C(=O)Nc2ccc(-n3cncn3)c(F)c2)[nH]n1. The summed E-state index contributed by atoms with van der Waals surface area (Å²) >= 11 is 0. The minimum Gasteiger partial charge on any atom is -0.382 e. The lowest BCUT2D eigenvalue weighted by molar-refractivity contribution is 0.102. The number of aromatic nitrogens is 5. The number of halogens is 1. The van der Waals surface area contributed by atoms with Crippen LogP contribution in [0.15, 0.2) is 36.9 Å². The van der Waals surface area contributed by atoms with E-state index in [9.17, 15) is 9.18 Å². The maximum Gasteiger partial charge on any atom is 0.273 e. The standard InChI is InChI=1S/C12H10FN7O/c13-8-3-7(1-2-10(8)20-6-15-5-16-20)17-12(21)9-4-11(14)19-18-9/h1-6H,(H,17,21)(H3,14,18,19). The molecule has 3 aromatic rings. The van der Waals surface area contributed by atoms with Gasteiger partial charge in [-0.05, 0) is 18.2 Å². The normalized spacial score (nSPS) is 10.5. The molecule has 0 bridgehead atoms. The fraction of sp³-hybridized carbons (Fsp3) is 0. The average molecular weight is 287 g/mol. The molecule has 0 aliphatic carbocycles. The zero-order chi connectivity index (χ0) is 14.8. The Bertz CT molecular complexity index is 781. The molecule has 106 valence electrons. The Labute approximate surface area is 117 Å². The molecular weight excluding hydrogens is 277 g/mol. The monoisotopic (exact) mass is 287 g/mol. The van der Waals surface area contributed by atoms with Gasteiger partial charge in [0, 0.05) is 11.8 Å². The van der Waals surface area contributed by atoms with Crippen molar-refractivity contribution in [3.8, 4) is 5.69 Å². The lowest BCUT2D eigenvalue weighted by Gasteiger charge is -2.06. The van der Waals surface area contributed by atoms with Gasteiger partial charge < -0.3 is 11.1 Å². The van der Waals surface area contributed by atoms with Crippen LogP contribution >= 0.6 is 0 Å². The number of rotatable bonds is 3. The second-order valence-electron chi connectivity index (χ2n) is 4.17. The Morgan fingerprint density at radius 2 is 2.24 bits per heavy atom. The first-order chi connectivity index (χ1) is 10.1. The topological polar surface area (TPSA) is 115 Å². The Morgan fingerprint density at radius 1 is 1.38 bits per heavy atom. The van der Waals surface area contributed by atoms with Crippen LogP contribution in [0.2, 0.25) is 0 Å².